The van der Waals surface area contributed by atoms with Gasteiger partial charge < -0.3 is 18.4 Å². The van der Waals surface area contributed by atoms with Crippen LogP contribution in [-0.2, 0) is 18.1 Å². The van der Waals surface area contributed by atoms with Crippen molar-refractivity contribution in [2.45, 2.75) is 33.7 Å². The first-order valence-corrected chi connectivity index (χ1v) is 7.76. The van der Waals surface area contributed by atoms with E-state index in [4.69, 9.17) is 18.4 Å². The van der Waals surface area contributed by atoms with Crippen molar-refractivity contribution in [1.29, 1.82) is 0 Å². The minimum Gasteiger partial charge on any atom is -0.478 e. The summed E-state index contributed by atoms with van der Waals surface area (Å²) in [7, 11) is -2.74. The van der Waals surface area contributed by atoms with Crippen molar-refractivity contribution in [2.24, 2.45) is 0 Å². The predicted molar refractivity (Wildman–Crippen MR) is 66.8 cm³/mol. The van der Waals surface area contributed by atoms with Crippen molar-refractivity contribution in [3.8, 4) is 0 Å². The largest absolute Gasteiger partial charge is 0.504 e. The molecule has 100 valence electrons. The standard InChI is InChI=1S/C11H22O5Si/c1-5-14-17(15-6-2,16-7-3)9-8-10(4)11(12)13/h8H,5-7,9H2,1-4H3,(H,12,13). The molecule has 0 aromatic heterocycles. The number of hydrogen-bond acceptors (Lipinski definition) is 4. The second kappa shape index (κ2) is 8.41. The minimum atomic E-state index is -2.74. The average molecular weight is 262 g/mol. The van der Waals surface area contributed by atoms with E-state index in [1.807, 2.05) is 20.8 Å². The summed E-state index contributed by atoms with van der Waals surface area (Å²) >= 11 is 0. The van der Waals surface area contributed by atoms with Gasteiger partial charge in [-0.3, -0.25) is 0 Å². The van der Waals surface area contributed by atoms with Crippen LogP contribution in [0.5, 0.6) is 0 Å². The van der Waals surface area contributed by atoms with Crippen LogP contribution in [0.3, 0.4) is 0 Å². The third-order valence-corrected chi connectivity index (χ3v) is 4.98. The lowest BCUT2D eigenvalue weighted by Gasteiger charge is -2.27. The Morgan fingerprint density at radius 2 is 1.53 bits per heavy atom. The van der Waals surface area contributed by atoms with Crippen molar-refractivity contribution in [2.75, 3.05) is 19.8 Å². The maximum atomic E-state index is 10.7. The topological polar surface area (TPSA) is 65.0 Å². The zero-order chi connectivity index (χ0) is 13.3. The highest BCUT2D eigenvalue weighted by Gasteiger charge is 2.39. The van der Waals surface area contributed by atoms with E-state index in [0.29, 0.717) is 25.9 Å². The van der Waals surface area contributed by atoms with Crippen LogP contribution in [0.2, 0.25) is 6.04 Å². The van der Waals surface area contributed by atoms with Crippen LogP contribution < -0.4 is 0 Å². The number of carboxylic acids is 1. The average Bonchev–Trinajstić information content (AvgIpc) is 2.27. The van der Waals surface area contributed by atoms with Gasteiger partial charge in [-0.05, 0) is 27.7 Å². The molecule has 0 saturated carbocycles. The molecule has 0 saturated heterocycles. The maximum Gasteiger partial charge on any atom is 0.504 e. The van der Waals surface area contributed by atoms with E-state index >= 15 is 0 Å². The van der Waals surface area contributed by atoms with E-state index in [-0.39, 0.29) is 5.57 Å². The summed E-state index contributed by atoms with van der Waals surface area (Å²) in [6.45, 7) is 8.63. The zero-order valence-corrected chi connectivity index (χ0v) is 12.0. The molecule has 0 aliphatic rings. The summed E-state index contributed by atoms with van der Waals surface area (Å²) < 4.78 is 16.8. The van der Waals surface area contributed by atoms with Crippen LogP contribution in [0.4, 0.5) is 0 Å². The molecule has 0 rings (SSSR count). The van der Waals surface area contributed by atoms with Gasteiger partial charge in [-0.25, -0.2) is 4.79 Å². The number of hydrogen-bond donors (Lipinski definition) is 1. The fourth-order valence-electron chi connectivity index (χ4n) is 1.33. The molecule has 0 amide bonds. The summed E-state index contributed by atoms with van der Waals surface area (Å²) in [6, 6.07) is 0.390. The molecule has 0 aliphatic heterocycles. The van der Waals surface area contributed by atoms with Crippen LogP contribution in [0, 0.1) is 0 Å². The van der Waals surface area contributed by atoms with Gasteiger partial charge in [-0.15, -0.1) is 0 Å². The van der Waals surface area contributed by atoms with Gasteiger partial charge in [0.15, 0.2) is 0 Å². The Bertz CT molecular complexity index is 248. The van der Waals surface area contributed by atoms with Crippen molar-refractivity contribution < 1.29 is 23.2 Å². The monoisotopic (exact) mass is 262 g/mol. The van der Waals surface area contributed by atoms with E-state index in [2.05, 4.69) is 0 Å². The quantitative estimate of drug-likeness (QED) is 0.509. The Balaban J connectivity index is 4.76. The number of carbonyl (C=O) groups is 1. The lowest BCUT2D eigenvalue weighted by Crippen LogP contribution is -2.45. The molecule has 0 aromatic rings. The molecule has 0 fully saturated rings. The highest BCUT2D eigenvalue weighted by molar-refractivity contribution is 6.61. The van der Waals surface area contributed by atoms with Crippen LogP contribution in [0.15, 0.2) is 11.6 Å². The normalized spacial score (nSPS) is 12.8. The van der Waals surface area contributed by atoms with Crippen LogP contribution in [0.1, 0.15) is 27.7 Å². The van der Waals surface area contributed by atoms with Gasteiger partial charge >= 0.3 is 14.8 Å². The summed E-state index contributed by atoms with van der Waals surface area (Å²) in [5, 5.41) is 8.79. The van der Waals surface area contributed by atoms with E-state index in [1.54, 1.807) is 13.0 Å². The Kier molecular flexibility index (Phi) is 8.06. The highest BCUT2D eigenvalue weighted by Crippen LogP contribution is 2.17. The summed E-state index contributed by atoms with van der Waals surface area (Å²) in [5.74, 6) is -0.933. The van der Waals surface area contributed by atoms with Crippen molar-refractivity contribution in [3.63, 3.8) is 0 Å². The molecule has 17 heavy (non-hydrogen) atoms. The molecule has 1 N–H and O–H groups in total. The molecule has 6 heteroatoms. The lowest BCUT2D eigenvalue weighted by atomic mass is 10.3. The molecule has 0 unspecified atom stereocenters. The first kappa shape index (κ1) is 16.3. The molecule has 0 atom stereocenters. The fraction of sp³-hybridized carbons (Fsp3) is 0.727. The first-order valence-electron chi connectivity index (χ1n) is 5.83. The summed E-state index contributed by atoms with van der Waals surface area (Å²) in [6.07, 6.45) is 1.61. The molecule has 0 radical (unpaired) electrons. The fourth-order valence-corrected chi connectivity index (χ4v) is 3.81. The maximum absolute atomic E-state index is 10.7. The zero-order valence-electron chi connectivity index (χ0n) is 11.0. The second-order valence-electron chi connectivity index (χ2n) is 3.38. The van der Waals surface area contributed by atoms with Crippen molar-refractivity contribution in [1.82, 2.24) is 0 Å². The number of aliphatic carboxylic acids is 1. The van der Waals surface area contributed by atoms with Crippen LogP contribution in [0.25, 0.3) is 0 Å². The van der Waals surface area contributed by atoms with Gasteiger partial charge in [0.2, 0.25) is 0 Å². The number of carboxylic acid groups (broad SMARTS) is 1. The van der Waals surface area contributed by atoms with Crippen LogP contribution >= 0.6 is 0 Å². The van der Waals surface area contributed by atoms with Crippen molar-refractivity contribution in [3.05, 3.63) is 11.6 Å². The number of rotatable bonds is 9. The minimum absolute atomic E-state index is 0.279. The molecule has 0 spiro atoms. The number of allylic oxidation sites excluding steroid dienone is 1. The molecule has 0 aliphatic carbocycles. The Morgan fingerprint density at radius 1 is 1.12 bits per heavy atom. The van der Waals surface area contributed by atoms with E-state index < -0.39 is 14.8 Å². The Hall–Kier alpha value is -0.693. The van der Waals surface area contributed by atoms with E-state index in [0.717, 1.165) is 0 Å². The SMILES string of the molecule is CCO[Si](CC=C(C)C(=O)O)(OCC)OCC. The molecular weight excluding hydrogens is 240 g/mol. The lowest BCUT2D eigenvalue weighted by molar-refractivity contribution is -0.132. The van der Waals surface area contributed by atoms with Gasteiger partial charge in [0, 0.05) is 31.4 Å². The van der Waals surface area contributed by atoms with E-state index in [9.17, 15) is 4.79 Å². The van der Waals surface area contributed by atoms with Crippen molar-refractivity contribution >= 4 is 14.8 Å². The Labute approximate surface area is 104 Å². The Morgan fingerprint density at radius 3 is 1.82 bits per heavy atom. The van der Waals surface area contributed by atoms with E-state index in [1.165, 1.54) is 0 Å². The second-order valence-corrected chi connectivity index (χ2v) is 6.02. The van der Waals surface area contributed by atoms with Gasteiger partial charge in [0.1, 0.15) is 0 Å². The first-order chi connectivity index (χ1) is 8.01. The van der Waals surface area contributed by atoms with Gasteiger partial charge in [0.05, 0.1) is 0 Å². The molecule has 0 aromatic carbocycles. The van der Waals surface area contributed by atoms with Gasteiger partial charge in [-0.2, -0.15) is 0 Å². The van der Waals surface area contributed by atoms with Gasteiger partial charge in [-0.1, -0.05) is 6.08 Å². The third-order valence-electron chi connectivity index (χ3n) is 2.09. The van der Waals surface area contributed by atoms with Gasteiger partial charge in [0.25, 0.3) is 0 Å². The smallest absolute Gasteiger partial charge is 0.478 e. The molecule has 5 nitrogen and oxygen atoms in total. The summed E-state index contributed by atoms with van der Waals surface area (Å²) in [4.78, 5) is 10.7. The highest BCUT2D eigenvalue weighted by atomic mass is 28.4. The molecule has 0 heterocycles. The predicted octanol–water partition coefficient (Wildman–Crippen LogP) is 2.07. The van der Waals surface area contributed by atoms with Crippen LogP contribution in [-0.4, -0.2) is 39.7 Å². The third kappa shape index (κ3) is 5.97. The summed E-state index contributed by atoms with van der Waals surface area (Å²) in [5.41, 5.74) is 0.279. The molecular formula is C11H22O5Si. The molecule has 0 bridgehead atoms.